The van der Waals surface area contributed by atoms with E-state index < -0.39 is 0 Å². The minimum Gasteiger partial charge on any atom is -0.310 e. The molecule has 0 fully saturated rings. The molecule has 0 spiro atoms. The van der Waals surface area contributed by atoms with E-state index in [1.165, 1.54) is 0 Å². The number of hydrogen-bond donors (Lipinski definition) is 1. The Bertz CT molecular complexity index is 824. The molecule has 24 heavy (non-hydrogen) atoms. The molecule has 0 aliphatic carbocycles. The van der Waals surface area contributed by atoms with E-state index in [2.05, 4.69) is 14.9 Å². The summed E-state index contributed by atoms with van der Waals surface area (Å²) in [6, 6.07) is 5.64. The molecule has 1 aliphatic rings. The second kappa shape index (κ2) is 6.51. The highest BCUT2D eigenvalue weighted by molar-refractivity contribution is 6.42. The third-order valence-electron chi connectivity index (χ3n) is 4.28. The number of H-pyrrole nitrogens is 1. The molecule has 3 rings (SSSR count). The number of aromatic amines is 1. The SMILES string of the molecule is CC(C)(C)c1nc2c(c(=O)[nH]1)CN(Cc1cccc(Cl)c1Cl)CC2. The van der Waals surface area contributed by atoms with E-state index in [0.717, 1.165) is 35.6 Å². The van der Waals surface area contributed by atoms with Gasteiger partial charge in [0, 0.05) is 31.5 Å². The fourth-order valence-electron chi connectivity index (χ4n) is 2.88. The highest BCUT2D eigenvalue weighted by Gasteiger charge is 2.25. The smallest absolute Gasteiger partial charge is 0.255 e. The van der Waals surface area contributed by atoms with Crippen LogP contribution >= 0.6 is 23.2 Å². The fourth-order valence-corrected chi connectivity index (χ4v) is 3.26. The zero-order valence-corrected chi connectivity index (χ0v) is 15.6. The van der Waals surface area contributed by atoms with Crippen LogP contribution in [0.4, 0.5) is 0 Å². The molecule has 1 aromatic carbocycles. The minimum absolute atomic E-state index is 0.0354. The van der Waals surface area contributed by atoms with Gasteiger partial charge in [-0.25, -0.2) is 4.98 Å². The van der Waals surface area contributed by atoms with Crippen molar-refractivity contribution < 1.29 is 0 Å². The number of rotatable bonds is 2. The molecule has 0 radical (unpaired) electrons. The van der Waals surface area contributed by atoms with Gasteiger partial charge in [-0.3, -0.25) is 9.69 Å². The first-order valence-corrected chi connectivity index (χ1v) is 8.79. The Morgan fingerprint density at radius 2 is 2.04 bits per heavy atom. The minimum atomic E-state index is -0.167. The Hall–Kier alpha value is -1.36. The largest absolute Gasteiger partial charge is 0.310 e. The summed E-state index contributed by atoms with van der Waals surface area (Å²) in [6.45, 7) is 8.23. The summed E-state index contributed by atoms with van der Waals surface area (Å²) in [4.78, 5) is 22.3. The van der Waals surface area contributed by atoms with Crippen molar-refractivity contribution in [1.82, 2.24) is 14.9 Å². The van der Waals surface area contributed by atoms with Gasteiger partial charge in [0.2, 0.25) is 0 Å². The van der Waals surface area contributed by atoms with E-state index in [-0.39, 0.29) is 11.0 Å². The normalized spacial score (nSPS) is 15.4. The Labute approximate surface area is 151 Å². The predicted molar refractivity (Wildman–Crippen MR) is 97.8 cm³/mol. The van der Waals surface area contributed by atoms with Gasteiger partial charge in [-0.15, -0.1) is 0 Å². The Morgan fingerprint density at radius 3 is 2.75 bits per heavy atom. The molecule has 6 heteroatoms. The van der Waals surface area contributed by atoms with E-state index in [1.54, 1.807) is 6.07 Å². The molecule has 1 aliphatic heterocycles. The predicted octanol–water partition coefficient (Wildman–Crippen LogP) is 3.93. The molecule has 0 atom stereocenters. The van der Waals surface area contributed by atoms with Gasteiger partial charge in [0.25, 0.3) is 5.56 Å². The van der Waals surface area contributed by atoms with Crippen molar-refractivity contribution in [3.63, 3.8) is 0 Å². The van der Waals surface area contributed by atoms with Crippen LogP contribution in [0.15, 0.2) is 23.0 Å². The van der Waals surface area contributed by atoms with E-state index in [9.17, 15) is 4.79 Å². The average molecular weight is 366 g/mol. The van der Waals surface area contributed by atoms with Gasteiger partial charge in [0.15, 0.2) is 0 Å². The van der Waals surface area contributed by atoms with Crippen molar-refractivity contribution in [2.75, 3.05) is 6.54 Å². The molecule has 1 N–H and O–H groups in total. The van der Waals surface area contributed by atoms with Gasteiger partial charge in [0.1, 0.15) is 5.82 Å². The molecule has 0 saturated carbocycles. The summed E-state index contributed by atoms with van der Waals surface area (Å²) in [5.74, 6) is 0.748. The monoisotopic (exact) mass is 365 g/mol. The zero-order valence-electron chi connectivity index (χ0n) is 14.1. The highest BCUT2D eigenvalue weighted by Crippen LogP contribution is 2.28. The van der Waals surface area contributed by atoms with Crippen LogP contribution in [0, 0.1) is 0 Å². The molecule has 2 heterocycles. The lowest BCUT2D eigenvalue weighted by molar-refractivity contribution is 0.241. The Kier molecular flexibility index (Phi) is 4.73. The van der Waals surface area contributed by atoms with Gasteiger partial charge < -0.3 is 4.98 Å². The first kappa shape index (κ1) is 17.5. The van der Waals surface area contributed by atoms with E-state index in [4.69, 9.17) is 23.2 Å². The van der Waals surface area contributed by atoms with Gasteiger partial charge in [-0.1, -0.05) is 56.1 Å². The summed E-state index contributed by atoms with van der Waals surface area (Å²) >= 11 is 12.4. The average Bonchev–Trinajstić information content (AvgIpc) is 2.51. The summed E-state index contributed by atoms with van der Waals surface area (Å²) < 4.78 is 0. The Morgan fingerprint density at radius 1 is 1.29 bits per heavy atom. The topological polar surface area (TPSA) is 49.0 Å². The Balaban J connectivity index is 1.85. The molecule has 4 nitrogen and oxygen atoms in total. The lowest BCUT2D eigenvalue weighted by Gasteiger charge is -2.29. The number of hydrogen-bond acceptors (Lipinski definition) is 3. The molecular formula is C18H21Cl2N3O. The lowest BCUT2D eigenvalue weighted by atomic mass is 9.95. The number of benzene rings is 1. The van der Waals surface area contributed by atoms with Crippen molar-refractivity contribution in [3.8, 4) is 0 Å². The van der Waals surface area contributed by atoms with Crippen LogP contribution in [-0.4, -0.2) is 21.4 Å². The third-order valence-corrected chi connectivity index (χ3v) is 5.14. The van der Waals surface area contributed by atoms with Crippen molar-refractivity contribution in [3.05, 3.63) is 61.2 Å². The van der Waals surface area contributed by atoms with Crippen LogP contribution in [0.5, 0.6) is 0 Å². The van der Waals surface area contributed by atoms with Crippen LogP contribution in [0.2, 0.25) is 10.0 Å². The fraction of sp³-hybridized carbons (Fsp3) is 0.444. The van der Waals surface area contributed by atoms with Crippen molar-refractivity contribution in [2.24, 2.45) is 0 Å². The molecule has 0 unspecified atom stereocenters. The quantitative estimate of drug-likeness (QED) is 0.876. The number of halogens is 2. The van der Waals surface area contributed by atoms with Crippen molar-refractivity contribution in [2.45, 2.75) is 45.7 Å². The number of nitrogens with one attached hydrogen (secondary N) is 1. The first-order chi connectivity index (χ1) is 11.3. The lowest BCUT2D eigenvalue weighted by Crippen LogP contribution is -2.37. The van der Waals surface area contributed by atoms with Crippen molar-refractivity contribution >= 4 is 23.2 Å². The maximum absolute atomic E-state index is 12.5. The van der Waals surface area contributed by atoms with Crippen LogP contribution in [0.25, 0.3) is 0 Å². The van der Waals surface area contributed by atoms with Crippen LogP contribution in [0.3, 0.4) is 0 Å². The maximum atomic E-state index is 12.5. The van der Waals surface area contributed by atoms with E-state index in [0.29, 0.717) is 23.1 Å². The van der Waals surface area contributed by atoms with Gasteiger partial charge >= 0.3 is 0 Å². The highest BCUT2D eigenvalue weighted by atomic mass is 35.5. The summed E-state index contributed by atoms with van der Waals surface area (Å²) in [5, 5.41) is 1.14. The second-order valence-corrected chi connectivity index (χ2v) is 8.05. The first-order valence-electron chi connectivity index (χ1n) is 8.03. The molecule has 2 aromatic rings. The van der Waals surface area contributed by atoms with Gasteiger partial charge in [-0.2, -0.15) is 0 Å². The number of aromatic nitrogens is 2. The van der Waals surface area contributed by atoms with E-state index in [1.807, 2.05) is 32.9 Å². The maximum Gasteiger partial charge on any atom is 0.255 e. The molecule has 128 valence electrons. The van der Waals surface area contributed by atoms with Gasteiger partial charge in [0.05, 0.1) is 21.3 Å². The summed E-state index contributed by atoms with van der Waals surface area (Å²) in [6.07, 6.45) is 0.764. The van der Waals surface area contributed by atoms with Crippen molar-refractivity contribution in [1.29, 1.82) is 0 Å². The molecule has 0 saturated heterocycles. The van der Waals surface area contributed by atoms with Crippen LogP contribution in [0.1, 0.15) is 43.4 Å². The second-order valence-electron chi connectivity index (χ2n) is 7.26. The molecule has 0 bridgehead atoms. The third kappa shape index (κ3) is 3.51. The summed E-state index contributed by atoms with van der Waals surface area (Å²) in [5.41, 5.74) is 2.44. The summed E-state index contributed by atoms with van der Waals surface area (Å²) in [7, 11) is 0. The number of fused-ring (bicyclic) bond motifs is 1. The molecular weight excluding hydrogens is 345 g/mol. The zero-order chi connectivity index (χ0) is 17.5. The van der Waals surface area contributed by atoms with Crippen LogP contribution < -0.4 is 5.56 Å². The molecule has 1 aromatic heterocycles. The van der Waals surface area contributed by atoms with E-state index >= 15 is 0 Å². The molecule has 0 amide bonds. The number of nitrogens with zero attached hydrogens (tertiary/aromatic N) is 2. The standard InChI is InChI=1S/C18H21Cl2N3O/c1-18(2,3)17-21-14-7-8-23(10-12(14)16(24)22-17)9-11-5-4-6-13(19)15(11)20/h4-6H,7-10H2,1-3H3,(H,21,22,24). The van der Waals surface area contributed by atoms with Crippen LogP contribution in [-0.2, 0) is 24.9 Å². The van der Waals surface area contributed by atoms with Gasteiger partial charge in [-0.05, 0) is 11.6 Å².